The van der Waals surface area contributed by atoms with Crippen LogP contribution in [0.2, 0.25) is 0 Å². The molecule has 32 heavy (non-hydrogen) atoms. The zero-order chi connectivity index (χ0) is 22.7. The Hall–Kier alpha value is -2.75. The number of aryl methyl sites for hydroxylation is 1. The highest BCUT2D eigenvalue weighted by molar-refractivity contribution is 7.89. The Balaban J connectivity index is 1.48. The summed E-state index contributed by atoms with van der Waals surface area (Å²) in [5.74, 6) is -0.250. The van der Waals surface area contributed by atoms with Crippen LogP contribution in [0.4, 0.5) is 11.4 Å². The van der Waals surface area contributed by atoms with Crippen LogP contribution in [-0.4, -0.2) is 57.4 Å². The summed E-state index contributed by atoms with van der Waals surface area (Å²) in [7, 11) is -3.61. The number of amides is 2. The molecule has 2 aromatic rings. The van der Waals surface area contributed by atoms with Gasteiger partial charge in [-0.2, -0.15) is 4.31 Å². The van der Waals surface area contributed by atoms with E-state index in [0.29, 0.717) is 50.5 Å². The van der Waals surface area contributed by atoms with Gasteiger partial charge >= 0.3 is 0 Å². The van der Waals surface area contributed by atoms with Crippen LogP contribution in [0.3, 0.4) is 0 Å². The van der Waals surface area contributed by atoms with Gasteiger partial charge in [0, 0.05) is 43.0 Å². The van der Waals surface area contributed by atoms with Gasteiger partial charge in [0.25, 0.3) is 5.91 Å². The van der Waals surface area contributed by atoms with Crippen LogP contribution in [-0.2, 0) is 19.6 Å². The molecule has 0 unspecified atom stereocenters. The second kappa shape index (κ2) is 9.40. The second-order valence-corrected chi connectivity index (χ2v) is 9.94. The van der Waals surface area contributed by atoms with Crippen LogP contribution in [0, 0.1) is 6.92 Å². The van der Waals surface area contributed by atoms with Gasteiger partial charge in [-0.25, -0.2) is 8.42 Å². The molecule has 170 valence electrons. The van der Waals surface area contributed by atoms with Gasteiger partial charge in [-0.1, -0.05) is 6.07 Å². The van der Waals surface area contributed by atoms with Gasteiger partial charge in [0.1, 0.15) is 0 Å². The third-order valence-corrected chi connectivity index (χ3v) is 7.72. The first kappa shape index (κ1) is 22.4. The summed E-state index contributed by atoms with van der Waals surface area (Å²) in [5.41, 5.74) is 2.71. The van der Waals surface area contributed by atoms with E-state index in [0.717, 1.165) is 24.1 Å². The van der Waals surface area contributed by atoms with Gasteiger partial charge in [-0.05, 0) is 61.7 Å². The summed E-state index contributed by atoms with van der Waals surface area (Å²) in [6.45, 7) is 4.01. The number of morpholine rings is 1. The summed E-state index contributed by atoms with van der Waals surface area (Å²) in [5, 5.41) is 2.85. The summed E-state index contributed by atoms with van der Waals surface area (Å²) < 4.78 is 32.1. The monoisotopic (exact) mass is 457 g/mol. The van der Waals surface area contributed by atoms with E-state index >= 15 is 0 Å². The zero-order valence-electron chi connectivity index (χ0n) is 18.0. The fourth-order valence-electron chi connectivity index (χ4n) is 3.96. The molecule has 2 heterocycles. The Labute approximate surface area is 188 Å². The normalized spacial score (nSPS) is 17.9. The van der Waals surface area contributed by atoms with Crippen molar-refractivity contribution in [2.75, 3.05) is 43.1 Å². The first-order valence-corrected chi connectivity index (χ1v) is 12.2. The van der Waals surface area contributed by atoms with E-state index in [1.54, 1.807) is 11.0 Å². The van der Waals surface area contributed by atoms with Crippen molar-refractivity contribution in [1.29, 1.82) is 0 Å². The Morgan fingerprint density at radius 1 is 1.00 bits per heavy atom. The van der Waals surface area contributed by atoms with Crippen molar-refractivity contribution in [3.63, 3.8) is 0 Å². The number of ether oxygens (including phenoxy) is 1. The summed E-state index contributed by atoms with van der Waals surface area (Å²) in [6, 6.07) is 11.4. The number of benzene rings is 2. The first-order valence-electron chi connectivity index (χ1n) is 10.8. The maximum Gasteiger partial charge on any atom is 0.255 e. The number of carbonyl (C=O) groups is 2. The minimum atomic E-state index is -3.61. The average molecular weight is 458 g/mol. The number of nitrogens with zero attached hydrogens (tertiary/aromatic N) is 2. The first-order chi connectivity index (χ1) is 15.4. The van der Waals surface area contributed by atoms with Crippen LogP contribution in [0.1, 0.15) is 35.2 Å². The fourth-order valence-corrected chi connectivity index (χ4v) is 5.36. The van der Waals surface area contributed by atoms with Crippen LogP contribution in [0.5, 0.6) is 0 Å². The molecule has 8 nitrogen and oxygen atoms in total. The molecule has 0 saturated carbocycles. The van der Waals surface area contributed by atoms with Gasteiger partial charge in [0.15, 0.2) is 0 Å². The molecule has 4 rings (SSSR count). The van der Waals surface area contributed by atoms with Crippen molar-refractivity contribution < 1.29 is 22.7 Å². The second-order valence-electron chi connectivity index (χ2n) is 8.00. The van der Waals surface area contributed by atoms with Crippen molar-refractivity contribution >= 4 is 33.2 Å². The highest BCUT2D eigenvalue weighted by atomic mass is 32.2. The van der Waals surface area contributed by atoms with Crippen molar-refractivity contribution in [2.45, 2.75) is 31.1 Å². The van der Waals surface area contributed by atoms with Gasteiger partial charge < -0.3 is 15.0 Å². The molecule has 0 aromatic heterocycles. The highest BCUT2D eigenvalue weighted by Gasteiger charge is 2.26. The lowest BCUT2D eigenvalue weighted by molar-refractivity contribution is -0.119. The summed E-state index contributed by atoms with van der Waals surface area (Å²) in [4.78, 5) is 27.0. The molecule has 0 aliphatic carbocycles. The van der Waals surface area contributed by atoms with E-state index in [2.05, 4.69) is 5.32 Å². The minimum Gasteiger partial charge on any atom is -0.379 e. The van der Waals surface area contributed by atoms with Crippen molar-refractivity contribution in [2.24, 2.45) is 0 Å². The van der Waals surface area contributed by atoms with Gasteiger partial charge in [-0.15, -0.1) is 0 Å². The predicted octanol–water partition coefficient (Wildman–Crippen LogP) is 2.79. The molecule has 0 bridgehead atoms. The third-order valence-electron chi connectivity index (χ3n) is 5.81. The Morgan fingerprint density at radius 3 is 2.41 bits per heavy atom. The molecule has 1 N–H and O–H groups in total. The van der Waals surface area contributed by atoms with E-state index in [-0.39, 0.29) is 16.7 Å². The lowest BCUT2D eigenvalue weighted by Gasteiger charge is -2.28. The van der Waals surface area contributed by atoms with Crippen molar-refractivity contribution in [3.05, 3.63) is 53.6 Å². The standard InChI is InChI=1S/C23H27N3O5S/c1-17-5-8-19(16-21(17)26-11-3-2-4-22(26)27)24-23(28)18-6-9-20(10-7-18)32(29,30)25-12-14-31-15-13-25/h5-10,16H,2-4,11-15H2,1H3,(H,24,28). The zero-order valence-corrected chi connectivity index (χ0v) is 18.9. The minimum absolute atomic E-state index is 0.0971. The quantitative estimate of drug-likeness (QED) is 0.745. The van der Waals surface area contributed by atoms with Gasteiger partial charge in [-0.3, -0.25) is 9.59 Å². The molecular weight excluding hydrogens is 430 g/mol. The maximum atomic E-state index is 12.7. The number of hydrogen-bond donors (Lipinski definition) is 1. The molecule has 2 aliphatic heterocycles. The van der Waals surface area contributed by atoms with E-state index in [9.17, 15) is 18.0 Å². The average Bonchev–Trinajstić information content (AvgIpc) is 2.81. The number of sulfonamides is 1. The summed E-state index contributed by atoms with van der Waals surface area (Å²) >= 11 is 0. The molecule has 2 aliphatic rings. The van der Waals surface area contributed by atoms with Gasteiger partial charge in [0.2, 0.25) is 15.9 Å². The largest absolute Gasteiger partial charge is 0.379 e. The topological polar surface area (TPSA) is 96.0 Å². The number of piperidine rings is 1. The molecule has 2 amide bonds. The number of carbonyl (C=O) groups excluding carboxylic acids is 2. The molecule has 0 spiro atoms. The number of nitrogens with one attached hydrogen (secondary N) is 1. The fraction of sp³-hybridized carbons (Fsp3) is 0.391. The molecule has 0 atom stereocenters. The van der Waals surface area contributed by atoms with Crippen LogP contribution in [0.15, 0.2) is 47.4 Å². The van der Waals surface area contributed by atoms with Crippen molar-refractivity contribution in [1.82, 2.24) is 4.31 Å². The smallest absolute Gasteiger partial charge is 0.255 e. The Bertz CT molecular complexity index is 1110. The number of anilines is 2. The van der Waals surface area contributed by atoms with Crippen LogP contribution < -0.4 is 10.2 Å². The molecule has 2 aromatic carbocycles. The van der Waals surface area contributed by atoms with E-state index < -0.39 is 10.0 Å². The number of hydrogen-bond acceptors (Lipinski definition) is 5. The Kier molecular flexibility index (Phi) is 6.59. The van der Waals surface area contributed by atoms with E-state index in [1.807, 2.05) is 19.1 Å². The van der Waals surface area contributed by atoms with Crippen LogP contribution in [0.25, 0.3) is 0 Å². The molecule has 9 heteroatoms. The third kappa shape index (κ3) is 4.69. The predicted molar refractivity (Wildman–Crippen MR) is 121 cm³/mol. The summed E-state index contributed by atoms with van der Waals surface area (Å²) in [6.07, 6.45) is 2.40. The lowest BCUT2D eigenvalue weighted by atomic mass is 10.1. The molecule has 2 fully saturated rings. The SMILES string of the molecule is Cc1ccc(NC(=O)c2ccc(S(=O)(=O)N3CCOCC3)cc2)cc1N1CCCCC1=O. The van der Waals surface area contributed by atoms with Crippen molar-refractivity contribution in [3.8, 4) is 0 Å². The van der Waals surface area contributed by atoms with Crippen LogP contribution >= 0.6 is 0 Å². The lowest BCUT2D eigenvalue weighted by Crippen LogP contribution is -2.40. The Morgan fingerprint density at radius 2 is 1.72 bits per heavy atom. The highest BCUT2D eigenvalue weighted by Crippen LogP contribution is 2.28. The molecule has 0 radical (unpaired) electrons. The maximum absolute atomic E-state index is 12.7. The van der Waals surface area contributed by atoms with Gasteiger partial charge in [0.05, 0.1) is 18.1 Å². The van der Waals surface area contributed by atoms with E-state index in [4.69, 9.17) is 4.74 Å². The van der Waals surface area contributed by atoms with E-state index in [1.165, 1.54) is 28.6 Å². The number of rotatable bonds is 5. The molecular formula is C23H27N3O5S. The molecule has 2 saturated heterocycles.